The van der Waals surface area contributed by atoms with E-state index < -0.39 is 35.2 Å². The molecule has 1 aromatic carbocycles. The van der Waals surface area contributed by atoms with E-state index in [1.54, 1.807) is 39.0 Å². The number of benzene rings is 1. The van der Waals surface area contributed by atoms with Crippen LogP contribution in [0.15, 0.2) is 22.7 Å². The SMILES string of the molecule is CC(C)(C)OC(=O)N1C[C@@]2(C[C@H]1C(N)=O)Oc1cc(Br)ccc1NC2=O. The highest BCUT2D eigenvalue weighted by Gasteiger charge is 2.57. The van der Waals surface area contributed by atoms with Crippen LogP contribution in [0.1, 0.15) is 27.2 Å². The number of primary amides is 1. The van der Waals surface area contributed by atoms with Gasteiger partial charge in [0.25, 0.3) is 5.91 Å². The van der Waals surface area contributed by atoms with Crippen LogP contribution in [0.2, 0.25) is 0 Å². The average Bonchev–Trinajstić information content (AvgIpc) is 2.88. The average molecular weight is 426 g/mol. The minimum absolute atomic E-state index is 0.0423. The Kier molecular flexibility index (Phi) is 4.38. The van der Waals surface area contributed by atoms with E-state index in [1.165, 1.54) is 0 Å². The maximum absolute atomic E-state index is 12.7. The molecule has 0 unspecified atom stereocenters. The van der Waals surface area contributed by atoms with Crippen LogP contribution in [0, 0.1) is 0 Å². The van der Waals surface area contributed by atoms with Crippen LogP contribution in [-0.2, 0) is 14.3 Å². The van der Waals surface area contributed by atoms with Crippen LogP contribution in [0.3, 0.4) is 0 Å². The number of carbonyl (C=O) groups is 3. The Morgan fingerprint density at radius 3 is 2.73 bits per heavy atom. The molecule has 1 spiro atoms. The van der Waals surface area contributed by atoms with Gasteiger partial charge in [-0.3, -0.25) is 14.5 Å². The monoisotopic (exact) mass is 425 g/mol. The Bertz CT molecular complexity index is 791. The van der Waals surface area contributed by atoms with Crippen molar-refractivity contribution in [2.24, 2.45) is 5.73 Å². The third-order valence-electron chi connectivity index (χ3n) is 4.19. The fourth-order valence-corrected chi connectivity index (χ4v) is 3.39. The van der Waals surface area contributed by atoms with E-state index in [4.69, 9.17) is 15.2 Å². The summed E-state index contributed by atoms with van der Waals surface area (Å²) in [7, 11) is 0. The van der Waals surface area contributed by atoms with E-state index in [1.807, 2.05) is 0 Å². The fraction of sp³-hybridized carbons (Fsp3) is 0.471. The molecule has 0 aliphatic carbocycles. The largest absolute Gasteiger partial charge is 0.473 e. The molecule has 0 radical (unpaired) electrons. The van der Waals surface area contributed by atoms with Crippen LogP contribution < -0.4 is 15.8 Å². The van der Waals surface area contributed by atoms with Gasteiger partial charge in [0.05, 0.1) is 12.2 Å². The van der Waals surface area contributed by atoms with Crippen LogP contribution in [0.25, 0.3) is 0 Å². The summed E-state index contributed by atoms with van der Waals surface area (Å²) in [5.74, 6) is -0.693. The van der Waals surface area contributed by atoms with Crippen molar-refractivity contribution in [1.29, 1.82) is 0 Å². The second-order valence-electron chi connectivity index (χ2n) is 7.42. The van der Waals surface area contributed by atoms with Crippen molar-refractivity contribution in [3.05, 3.63) is 22.7 Å². The highest BCUT2D eigenvalue weighted by molar-refractivity contribution is 9.10. The molecule has 0 saturated carbocycles. The van der Waals surface area contributed by atoms with Gasteiger partial charge in [-0.05, 0) is 39.0 Å². The maximum atomic E-state index is 12.7. The molecule has 1 saturated heterocycles. The van der Waals surface area contributed by atoms with Crippen molar-refractivity contribution in [1.82, 2.24) is 4.90 Å². The molecule has 26 heavy (non-hydrogen) atoms. The number of halogens is 1. The van der Waals surface area contributed by atoms with Gasteiger partial charge < -0.3 is 20.5 Å². The number of hydrogen-bond donors (Lipinski definition) is 2. The van der Waals surface area contributed by atoms with E-state index in [-0.39, 0.29) is 13.0 Å². The molecule has 3 amide bonds. The zero-order valence-electron chi connectivity index (χ0n) is 14.7. The molecule has 9 heteroatoms. The zero-order valence-corrected chi connectivity index (χ0v) is 16.3. The molecule has 3 N–H and O–H groups in total. The molecule has 1 aromatic rings. The van der Waals surface area contributed by atoms with E-state index in [2.05, 4.69) is 21.2 Å². The molecule has 2 aliphatic heterocycles. The van der Waals surface area contributed by atoms with Crippen LogP contribution in [0.4, 0.5) is 10.5 Å². The van der Waals surface area contributed by atoms with Crippen LogP contribution in [-0.4, -0.2) is 46.6 Å². The van der Waals surface area contributed by atoms with Crippen molar-refractivity contribution >= 4 is 39.5 Å². The van der Waals surface area contributed by atoms with E-state index in [0.717, 1.165) is 9.37 Å². The smallest absolute Gasteiger partial charge is 0.411 e. The first-order valence-corrected chi connectivity index (χ1v) is 8.89. The summed E-state index contributed by atoms with van der Waals surface area (Å²) < 4.78 is 12.1. The second kappa shape index (κ2) is 6.15. The van der Waals surface area contributed by atoms with Gasteiger partial charge in [-0.15, -0.1) is 0 Å². The number of fused-ring (bicyclic) bond motifs is 1. The zero-order chi connectivity index (χ0) is 19.3. The lowest BCUT2D eigenvalue weighted by molar-refractivity contribution is -0.131. The Balaban J connectivity index is 1.92. The maximum Gasteiger partial charge on any atom is 0.411 e. The molecule has 1 fully saturated rings. The molecule has 8 nitrogen and oxygen atoms in total. The summed E-state index contributed by atoms with van der Waals surface area (Å²) in [6, 6.07) is 4.20. The number of carbonyl (C=O) groups excluding carboxylic acids is 3. The molecule has 2 aliphatic rings. The molecule has 2 atom stereocenters. The molecule has 3 rings (SSSR count). The predicted octanol–water partition coefficient (Wildman–Crippen LogP) is 2.01. The normalized spacial score (nSPS) is 24.7. The standard InChI is InChI=1S/C17H20BrN3O5/c1-16(2,3)26-15(24)21-8-17(7-11(21)13(19)22)14(23)20-10-5-4-9(18)6-12(10)25-17/h4-6,11H,7-8H2,1-3H3,(H2,19,22)(H,20,23)/t11-,17+/m0/s1. The lowest BCUT2D eigenvalue weighted by Crippen LogP contribution is -2.53. The van der Waals surface area contributed by atoms with Crippen molar-refractivity contribution in [3.63, 3.8) is 0 Å². The third kappa shape index (κ3) is 3.35. The lowest BCUT2D eigenvalue weighted by Gasteiger charge is -2.34. The van der Waals surface area contributed by atoms with Gasteiger partial charge in [-0.2, -0.15) is 0 Å². The van der Waals surface area contributed by atoms with E-state index >= 15 is 0 Å². The van der Waals surface area contributed by atoms with Crippen molar-refractivity contribution < 1.29 is 23.9 Å². The van der Waals surface area contributed by atoms with Gasteiger partial charge >= 0.3 is 6.09 Å². The van der Waals surface area contributed by atoms with E-state index in [9.17, 15) is 14.4 Å². The summed E-state index contributed by atoms with van der Waals surface area (Å²) in [5, 5.41) is 2.77. The van der Waals surface area contributed by atoms with Gasteiger partial charge in [0, 0.05) is 10.9 Å². The number of nitrogens with zero attached hydrogens (tertiary/aromatic N) is 1. The summed E-state index contributed by atoms with van der Waals surface area (Å²) >= 11 is 3.35. The predicted molar refractivity (Wildman–Crippen MR) is 96.7 cm³/mol. The molecule has 140 valence electrons. The van der Waals surface area contributed by atoms with Crippen molar-refractivity contribution in [3.8, 4) is 5.75 Å². The van der Waals surface area contributed by atoms with Gasteiger partial charge in [-0.25, -0.2) is 4.79 Å². The highest BCUT2D eigenvalue weighted by atomic mass is 79.9. The Morgan fingerprint density at radius 2 is 2.12 bits per heavy atom. The third-order valence-corrected chi connectivity index (χ3v) is 4.69. The number of likely N-dealkylation sites (tertiary alicyclic amines) is 1. The number of nitrogens with two attached hydrogens (primary N) is 1. The van der Waals surface area contributed by atoms with Gasteiger partial charge in [0.2, 0.25) is 11.5 Å². The number of amides is 3. The lowest BCUT2D eigenvalue weighted by atomic mass is 9.96. The Hall–Kier alpha value is -2.29. The van der Waals surface area contributed by atoms with Crippen molar-refractivity contribution in [2.75, 3.05) is 11.9 Å². The number of ether oxygens (including phenoxy) is 2. The molecule has 0 aromatic heterocycles. The minimum atomic E-state index is -1.40. The number of nitrogens with one attached hydrogen (secondary N) is 1. The molecule has 2 heterocycles. The van der Waals surface area contributed by atoms with Crippen molar-refractivity contribution in [2.45, 2.75) is 44.4 Å². The molecule has 0 bridgehead atoms. The number of anilines is 1. The number of rotatable bonds is 1. The summed E-state index contributed by atoms with van der Waals surface area (Å²) in [6.07, 6.45) is -0.756. The summed E-state index contributed by atoms with van der Waals surface area (Å²) in [5.41, 5.74) is 3.84. The first-order valence-electron chi connectivity index (χ1n) is 8.10. The topological polar surface area (TPSA) is 111 Å². The van der Waals surface area contributed by atoms with Gasteiger partial charge in [0.1, 0.15) is 17.4 Å². The Morgan fingerprint density at radius 1 is 1.42 bits per heavy atom. The first kappa shape index (κ1) is 18.5. The van der Waals surface area contributed by atoms with Crippen LogP contribution in [0.5, 0.6) is 5.75 Å². The molecular weight excluding hydrogens is 406 g/mol. The number of hydrogen-bond acceptors (Lipinski definition) is 5. The first-order chi connectivity index (χ1) is 12.0. The Labute approximate surface area is 159 Å². The highest BCUT2D eigenvalue weighted by Crippen LogP contribution is 2.41. The van der Waals surface area contributed by atoms with Gasteiger partial charge in [-0.1, -0.05) is 15.9 Å². The second-order valence-corrected chi connectivity index (χ2v) is 8.34. The molecular formula is C17H20BrN3O5. The van der Waals surface area contributed by atoms with Crippen LogP contribution >= 0.6 is 15.9 Å². The summed E-state index contributed by atoms with van der Waals surface area (Å²) in [6.45, 7) is 5.02. The van der Waals surface area contributed by atoms with Gasteiger partial charge in [0.15, 0.2) is 0 Å². The quantitative estimate of drug-likeness (QED) is 0.714. The minimum Gasteiger partial charge on any atom is -0.473 e. The summed E-state index contributed by atoms with van der Waals surface area (Å²) in [4.78, 5) is 38.3. The van der Waals surface area contributed by atoms with E-state index in [0.29, 0.717) is 11.4 Å². The fourth-order valence-electron chi connectivity index (χ4n) is 3.05.